The van der Waals surface area contributed by atoms with Crippen molar-refractivity contribution in [3.05, 3.63) is 196 Å². The van der Waals surface area contributed by atoms with Crippen LogP contribution in [0.15, 0.2) is 152 Å². The van der Waals surface area contributed by atoms with Crippen LogP contribution < -0.4 is 14.2 Å². The summed E-state index contributed by atoms with van der Waals surface area (Å²) in [6.07, 6.45) is -4.09. The van der Waals surface area contributed by atoms with E-state index >= 15 is 0 Å². The van der Waals surface area contributed by atoms with Gasteiger partial charge in [-0.2, -0.15) is 0 Å². The molecule has 0 saturated heterocycles. The lowest BCUT2D eigenvalue weighted by Gasteiger charge is -2.42. The third kappa shape index (κ3) is 11.3. The van der Waals surface area contributed by atoms with E-state index in [0.717, 1.165) is 87.2 Å². The van der Waals surface area contributed by atoms with Crippen molar-refractivity contribution in [1.82, 2.24) is 0 Å². The second kappa shape index (κ2) is 26.7. The Bertz CT molecular complexity index is 2170. The third-order valence-corrected chi connectivity index (χ3v) is 10.7. The van der Waals surface area contributed by atoms with E-state index in [1.54, 1.807) is 0 Å². The predicted molar refractivity (Wildman–Crippen MR) is 243 cm³/mol. The molecule has 0 bridgehead atoms. The maximum absolute atomic E-state index is 12.4. The summed E-state index contributed by atoms with van der Waals surface area (Å²) in [6, 6.07) is 49.2. The van der Waals surface area contributed by atoms with Crippen molar-refractivity contribution in [3.63, 3.8) is 0 Å². The van der Waals surface area contributed by atoms with Crippen molar-refractivity contribution in [2.24, 2.45) is 0 Å². The smallest absolute Gasteiger partial charge is 0.150 e. The fourth-order valence-electron chi connectivity index (χ4n) is 8.31. The average molecular weight is 867 g/mol. The van der Waals surface area contributed by atoms with Gasteiger partial charge in [0, 0.05) is 83.2 Å². The lowest BCUT2D eigenvalue weighted by Crippen LogP contribution is -2.38. The van der Waals surface area contributed by atoms with E-state index in [9.17, 15) is 15.3 Å². The monoisotopic (exact) mass is 866 g/mol. The van der Waals surface area contributed by atoms with Gasteiger partial charge in [-0.15, -0.1) is 0 Å². The van der Waals surface area contributed by atoms with Gasteiger partial charge in [-0.05, 0) is 28.3 Å². The van der Waals surface area contributed by atoms with Crippen LogP contribution in [0, 0.1) is 0 Å². The van der Waals surface area contributed by atoms with E-state index in [2.05, 4.69) is 0 Å². The number of ether oxygens (including phenoxy) is 3. The molecule has 0 aromatic heterocycles. The Morgan fingerprint density at radius 1 is 0.349 bits per heavy atom. The van der Waals surface area contributed by atoms with Gasteiger partial charge in [-0.25, -0.2) is 0 Å². The van der Waals surface area contributed by atoms with Crippen LogP contribution in [-0.2, 0) is 6.42 Å². The molecule has 9 rings (SSSR count). The number of fused-ring (bicyclic) bond motifs is 3. The second-order valence-electron chi connectivity index (χ2n) is 13.7. The van der Waals surface area contributed by atoms with E-state index in [4.69, 9.17) is 44.8 Å². The van der Waals surface area contributed by atoms with Gasteiger partial charge < -0.3 is 60.2 Å². The Kier molecular flexibility index (Phi) is 22.0. The highest BCUT2D eigenvalue weighted by atomic mass is 16.5. The molecule has 9 N–H and O–H groups in total. The first kappa shape index (κ1) is 51.7. The molecule has 8 atom stereocenters. The number of para-hydroxylation sites is 3. The summed E-state index contributed by atoms with van der Waals surface area (Å²) < 4.78 is 20.1. The molecule has 3 heterocycles. The van der Waals surface area contributed by atoms with Crippen LogP contribution >= 0.6 is 0 Å². The van der Waals surface area contributed by atoms with Gasteiger partial charge >= 0.3 is 0 Å². The zero-order valence-corrected chi connectivity index (χ0v) is 36.5. The maximum Gasteiger partial charge on any atom is 0.150 e. The maximum atomic E-state index is 12.4. The van der Waals surface area contributed by atoms with Crippen LogP contribution in [-0.4, -0.2) is 107 Å². The van der Waals surface area contributed by atoms with Crippen LogP contribution in [0.4, 0.5) is 0 Å². The molecule has 6 aromatic rings. The molecule has 3 aliphatic heterocycles. The molecular weight excluding hydrogens is 805 g/mol. The lowest BCUT2D eigenvalue weighted by molar-refractivity contribution is -0.00357. The van der Waals surface area contributed by atoms with Gasteiger partial charge in [-0.1, -0.05) is 146 Å². The Hall–Kier alpha value is -5.64. The van der Waals surface area contributed by atoms with E-state index in [1.807, 2.05) is 152 Å². The Labute approximate surface area is 370 Å². The Morgan fingerprint density at radius 2 is 0.698 bits per heavy atom. The third-order valence-electron chi connectivity index (χ3n) is 10.7. The molecule has 0 amide bonds. The minimum Gasteiger partial charge on any atom is -0.483 e. The van der Waals surface area contributed by atoms with Crippen molar-refractivity contribution in [1.29, 1.82) is 0 Å². The molecule has 0 radical (unpaired) electrons. The molecule has 8 unspecified atom stereocenters. The van der Waals surface area contributed by atoms with Crippen LogP contribution in [0.2, 0.25) is 0 Å². The second-order valence-corrected chi connectivity index (χ2v) is 13.7. The summed E-state index contributed by atoms with van der Waals surface area (Å²) in [5.41, 5.74) is 6.82. The zero-order chi connectivity index (χ0) is 46.5. The molecule has 63 heavy (non-hydrogen) atoms. The summed E-state index contributed by atoms with van der Waals surface area (Å²) in [4.78, 5) is 0. The number of benzene rings is 6. The lowest BCUT2D eigenvalue weighted by atomic mass is 9.74. The molecule has 0 spiro atoms. The Balaban J connectivity index is 0.000000815. The molecule has 0 aliphatic carbocycles. The quantitative estimate of drug-likeness (QED) is 0.103. The minimum absolute atomic E-state index is 0.420. The zero-order valence-electron chi connectivity index (χ0n) is 36.5. The van der Waals surface area contributed by atoms with Gasteiger partial charge in [0.25, 0.3) is 0 Å². The van der Waals surface area contributed by atoms with E-state index in [-0.39, 0.29) is 0 Å². The number of aliphatic hydroxyl groups is 9. The molecule has 12 nitrogen and oxygen atoms in total. The molecule has 3 aliphatic rings. The number of rotatable bonds is 5. The average Bonchev–Trinajstić information content (AvgIpc) is 3.37. The molecule has 6 aromatic carbocycles. The summed E-state index contributed by atoms with van der Waals surface area (Å²) in [5, 5.41) is 77.9. The normalized spacial score (nSPS) is 21.9. The van der Waals surface area contributed by atoms with Gasteiger partial charge in [0.05, 0.1) is 6.10 Å². The molecule has 0 saturated carbocycles. The van der Waals surface area contributed by atoms with E-state index in [0.29, 0.717) is 23.7 Å². The van der Waals surface area contributed by atoms with Gasteiger partial charge in [-0.3, -0.25) is 0 Å². The van der Waals surface area contributed by atoms with Crippen molar-refractivity contribution in [3.8, 4) is 17.2 Å². The SMILES string of the molecule is CO.CO.CO.CO.CO.CO.OC1Cc2cccc(C3c4cccc(C5c6ccccc6OC(c6ccccc6)C5O)c4OC(c4ccccc4)C3O)c2OC1c1ccccc1. The standard InChI is InChI=1S/C45H38O6.6CH4O/c46-35-26-30-20-12-22-32(41(30)50-42(35)27-14-4-1-5-15-27)38-34-24-13-23-33(45(34)51-44(40(38)48)29-18-8-3-9-19-29)37-31-21-10-11-25-36(31)49-43(39(37)47)28-16-6-2-7-17-28;6*1-2/h1-25,35,37-40,42-44,46-48H,26H2;6*2H,1H3. The topological polar surface area (TPSA) is 210 Å². The Morgan fingerprint density at radius 3 is 1.19 bits per heavy atom. The molecule has 12 heteroatoms. The van der Waals surface area contributed by atoms with Crippen LogP contribution in [0.25, 0.3) is 0 Å². The number of aliphatic hydroxyl groups excluding tert-OH is 9. The largest absolute Gasteiger partial charge is 0.483 e. The first-order valence-electron chi connectivity index (χ1n) is 20.3. The van der Waals surface area contributed by atoms with Crippen LogP contribution in [0.5, 0.6) is 17.2 Å². The highest BCUT2D eigenvalue weighted by molar-refractivity contribution is 5.59. The fourth-order valence-corrected chi connectivity index (χ4v) is 8.31. The van der Waals surface area contributed by atoms with Crippen molar-refractivity contribution < 1.29 is 60.2 Å². The minimum atomic E-state index is -0.976. The summed E-state index contributed by atoms with van der Waals surface area (Å²) in [5.74, 6) is 0.981. The highest BCUT2D eigenvalue weighted by Crippen LogP contribution is 2.55. The van der Waals surface area contributed by atoms with Crippen LogP contribution in [0.3, 0.4) is 0 Å². The summed E-state index contributed by atoms with van der Waals surface area (Å²) in [7, 11) is 6.00. The van der Waals surface area contributed by atoms with Gasteiger partial charge in [0.2, 0.25) is 0 Å². The summed E-state index contributed by atoms with van der Waals surface area (Å²) in [6.45, 7) is 0. The van der Waals surface area contributed by atoms with Crippen molar-refractivity contribution in [2.75, 3.05) is 42.7 Å². The summed E-state index contributed by atoms with van der Waals surface area (Å²) >= 11 is 0. The van der Waals surface area contributed by atoms with Crippen molar-refractivity contribution in [2.45, 2.75) is 54.9 Å². The number of hydrogen-bond acceptors (Lipinski definition) is 12. The first-order valence-corrected chi connectivity index (χ1v) is 20.3. The van der Waals surface area contributed by atoms with Gasteiger partial charge in [0.15, 0.2) is 12.2 Å². The molecular formula is C51H62O12. The number of hydrogen-bond donors (Lipinski definition) is 9. The van der Waals surface area contributed by atoms with Gasteiger partial charge in [0.1, 0.15) is 35.6 Å². The van der Waals surface area contributed by atoms with E-state index in [1.165, 1.54) is 0 Å². The highest BCUT2D eigenvalue weighted by Gasteiger charge is 2.46. The predicted octanol–water partition coefficient (Wildman–Crippen LogP) is 5.63. The van der Waals surface area contributed by atoms with Crippen LogP contribution in [0.1, 0.15) is 74.7 Å². The van der Waals surface area contributed by atoms with E-state index < -0.39 is 48.5 Å². The first-order chi connectivity index (χ1) is 31.1. The fraction of sp³-hybridized carbons (Fsp3) is 0.294. The van der Waals surface area contributed by atoms with Crippen molar-refractivity contribution >= 4 is 0 Å². The molecule has 338 valence electrons. The molecule has 0 fully saturated rings.